The molecule has 5 heteroatoms. The van der Waals surface area contributed by atoms with E-state index >= 15 is 0 Å². The van der Waals surface area contributed by atoms with Crippen LogP contribution in [0.3, 0.4) is 0 Å². The Morgan fingerprint density at radius 3 is 3.12 bits per heavy atom. The highest BCUT2D eigenvalue weighted by Gasteiger charge is 2.31. The number of carbonyl (C=O) groups excluding carboxylic acids is 2. The monoisotopic (exact) mass is 252 g/mol. The fourth-order valence-electron chi connectivity index (χ4n) is 2.08. The third kappa shape index (κ3) is 2.66. The van der Waals surface area contributed by atoms with E-state index in [4.69, 9.17) is 0 Å². The highest BCUT2D eigenvalue weighted by Crippen LogP contribution is 2.14. The third-order valence-electron chi connectivity index (χ3n) is 2.94. The van der Waals surface area contributed by atoms with Crippen molar-refractivity contribution >= 4 is 23.2 Å². The van der Waals surface area contributed by atoms with Gasteiger partial charge in [0.25, 0.3) is 0 Å². The number of rotatable bonds is 3. The molecule has 2 amide bonds. The summed E-state index contributed by atoms with van der Waals surface area (Å²) in [6, 6.07) is 3.59. The first-order chi connectivity index (χ1) is 8.22. The summed E-state index contributed by atoms with van der Waals surface area (Å²) in [6.07, 6.45) is 1.07. The summed E-state index contributed by atoms with van der Waals surface area (Å²) in [4.78, 5) is 26.5. The summed E-state index contributed by atoms with van der Waals surface area (Å²) < 4.78 is 0. The molecule has 1 saturated heterocycles. The van der Waals surface area contributed by atoms with E-state index in [1.54, 1.807) is 16.2 Å². The molecule has 92 valence electrons. The van der Waals surface area contributed by atoms with Gasteiger partial charge in [0.05, 0.1) is 6.42 Å². The Morgan fingerprint density at radius 1 is 1.65 bits per heavy atom. The van der Waals surface area contributed by atoms with Crippen LogP contribution in [0.1, 0.15) is 18.2 Å². The van der Waals surface area contributed by atoms with E-state index < -0.39 is 0 Å². The van der Waals surface area contributed by atoms with Gasteiger partial charge >= 0.3 is 0 Å². The van der Waals surface area contributed by atoms with Gasteiger partial charge in [-0.3, -0.25) is 9.59 Å². The molecule has 2 heterocycles. The molecule has 1 N–H and O–H groups in total. The number of carbonyl (C=O) groups is 2. The predicted molar refractivity (Wildman–Crippen MR) is 66.8 cm³/mol. The number of hydrogen-bond donors (Lipinski definition) is 1. The first kappa shape index (κ1) is 12.1. The molecular weight excluding hydrogens is 236 g/mol. The minimum atomic E-state index is -0.295. The van der Waals surface area contributed by atoms with Gasteiger partial charge in [0.2, 0.25) is 11.8 Å². The second kappa shape index (κ2) is 5.31. The van der Waals surface area contributed by atoms with Gasteiger partial charge in [-0.15, -0.1) is 11.3 Å². The summed E-state index contributed by atoms with van der Waals surface area (Å²) in [6.45, 7) is 3.11. The van der Waals surface area contributed by atoms with Gasteiger partial charge in [0, 0.05) is 18.0 Å². The molecule has 1 aliphatic rings. The van der Waals surface area contributed by atoms with Gasteiger partial charge in [0.1, 0.15) is 6.04 Å². The Morgan fingerprint density at radius 2 is 2.47 bits per heavy atom. The summed E-state index contributed by atoms with van der Waals surface area (Å²) in [5.41, 5.74) is 0. The van der Waals surface area contributed by atoms with Gasteiger partial charge in [-0.2, -0.15) is 0 Å². The van der Waals surface area contributed by atoms with Gasteiger partial charge in [-0.1, -0.05) is 13.0 Å². The SMILES string of the molecule is CCC1C(=O)NCCN1C(=O)Cc1cccs1. The van der Waals surface area contributed by atoms with Gasteiger partial charge < -0.3 is 10.2 Å². The Balaban J connectivity index is 2.04. The molecule has 0 bridgehead atoms. The van der Waals surface area contributed by atoms with Crippen molar-refractivity contribution in [3.8, 4) is 0 Å². The van der Waals surface area contributed by atoms with Crippen LogP contribution in [0.5, 0.6) is 0 Å². The van der Waals surface area contributed by atoms with Crippen LogP contribution < -0.4 is 5.32 Å². The van der Waals surface area contributed by atoms with Crippen LogP contribution in [0.25, 0.3) is 0 Å². The topological polar surface area (TPSA) is 49.4 Å². The normalized spacial score (nSPS) is 20.2. The average Bonchev–Trinajstić information content (AvgIpc) is 2.81. The van der Waals surface area contributed by atoms with Crippen molar-refractivity contribution in [3.63, 3.8) is 0 Å². The maximum atomic E-state index is 12.1. The highest BCUT2D eigenvalue weighted by molar-refractivity contribution is 7.10. The van der Waals surface area contributed by atoms with E-state index in [2.05, 4.69) is 5.32 Å². The Bertz CT molecular complexity index is 403. The second-order valence-corrected chi connectivity index (χ2v) is 5.09. The number of thiophene rings is 1. The first-order valence-corrected chi connectivity index (χ1v) is 6.70. The van der Waals surface area contributed by atoms with E-state index in [0.717, 1.165) is 4.88 Å². The van der Waals surface area contributed by atoms with Crippen molar-refractivity contribution in [2.24, 2.45) is 0 Å². The molecule has 1 aromatic rings. The van der Waals surface area contributed by atoms with E-state index in [9.17, 15) is 9.59 Å². The molecule has 1 fully saturated rings. The van der Waals surface area contributed by atoms with E-state index in [-0.39, 0.29) is 17.9 Å². The highest BCUT2D eigenvalue weighted by atomic mass is 32.1. The Hall–Kier alpha value is -1.36. The lowest BCUT2D eigenvalue weighted by Crippen LogP contribution is -2.57. The lowest BCUT2D eigenvalue weighted by molar-refractivity contribution is -0.142. The molecule has 0 radical (unpaired) electrons. The largest absolute Gasteiger partial charge is 0.353 e. The Kier molecular flexibility index (Phi) is 3.78. The molecule has 17 heavy (non-hydrogen) atoms. The predicted octanol–water partition coefficient (Wildman–Crippen LogP) is 1.03. The maximum absolute atomic E-state index is 12.1. The first-order valence-electron chi connectivity index (χ1n) is 5.82. The van der Waals surface area contributed by atoms with E-state index in [1.165, 1.54) is 0 Å². The number of amides is 2. The molecule has 1 unspecified atom stereocenters. The molecule has 0 saturated carbocycles. The van der Waals surface area contributed by atoms with Crippen LogP contribution >= 0.6 is 11.3 Å². The number of nitrogens with one attached hydrogen (secondary N) is 1. The van der Waals surface area contributed by atoms with Crippen molar-refractivity contribution in [2.75, 3.05) is 13.1 Å². The zero-order chi connectivity index (χ0) is 12.3. The summed E-state index contributed by atoms with van der Waals surface area (Å²) in [7, 11) is 0. The maximum Gasteiger partial charge on any atom is 0.242 e. The van der Waals surface area contributed by atoms with Crippen LogP contribution in [-0.2, 0) is 16.0 Å². The van der Waals surface area contributed by atoms with Crippen LogP contribution in [0.2, 0.25) is 0 Å². The number of hydrogen-bond acceptors (Lipinski definition) is 3. The molecule has 0 aliphatic carbocycles. The minimum Gasteiger partial charge on any atom is -0.353 e. The fourth-order valence-corrected chi connectivity index (χ4v) is 2.78. The van der Waals surface area contributed by atoms with Crippen molar-refractivity contribution in [1.82, 2.24) is 10.2 Å². The standard InChI is InChI=1S/C12H16N2O2S/c1-2-10-12(16)13-5-6-14(10)11(15)8-9-4-3-7-17-9/h3-4,7,10H,2,5-6,8H2,1H3,(H,13,16). The third-order valence-corrected chi connectivity index (χ3v) is 3.82. The van der Waals surface area contributed by atoms with Gasteiger partial charge in [-0.05, 0) is 17.9 Å². The van der Waals surface area contributed by atoms with Gasteiger partial charge in [-0.25, -0.2) is 0 Å². The molecule has 2 rings (SSSR count). The molecule has 0 aromatic carbocycles. The smallest absolute Gasteiger partial charge is 0.242 e. The number of piperazine rings is 1. The quantitative estimate of drug-likeness (QED) is 0.873. The summed E-state index contributed by atoms with van der Waals surface area (Å²) in [5.74, 6) is 0.0208. The molecule has 0 spiro atoms. The Labute approximate surface area is 105 Å². The van der Waals surface area contributed by atoms with Crippen LogP contribution in [-0.4, -0.2) is 35.8 Å². The zero-order valence-corrected chi connectivity index (χ0v) is 10.6. The lowest BCUT2D eigenvalue weighted by atomic mass is 10.1. The van der Waals surface area contributed by atoms with Crippen LogP contribution in [0, 0.1) is 0 Å². The van der Waals surface area contributed by atoms with E-state index in [1.807, 2.05) is 24.4 Å². The molecule has 1 atom stereocenters. The molecule has 1 aliphatic heterocycles. The molecule has 1 aromatic heterocycles. The van der Waals surface area contributed by atoms with Crippen LogP contribution in [0.4, 0.5) is 0 Å². The average molecular weight is 252 g/mol. The fraction of sp³-hybridized carbons (Fsp3) is 0.500. The van der Waals surface area contributed by atoms with Crippen molar-refractivity contribution in [1.29, 1.82) is 0 Å². The summed E-state index contributed by atoms with van der Waals surface area (Å²) >= 11 is 1.58. The van der Waals surface area contributed by atoms with E-state index in [0.29, 0.717) is 25.9 Å². The lowest BCUT2D eigenvalue weighted by Gasteiger charge is -2.34. The second-order valence-electron chi connectivity index (χ2n) is 4.06. The van der Waals surface area contributed by atoms with Crippen molar-refractivity contribution in [2.45, 2.75) is 25.8 Å². The van der Waals surface area contributed by atoms with Crippen LogP contribution in [0.15, 0.2) is 17.5 Å². The molecular formula is C12H16N2O2S. The molecule has 4 nitrogen and oxygen atoms in total. The minimum absolute atomic E-state index is 0.0294. The van der Waals surface area contributed by atoms with Crippen molar-refractivity contribution < 1.29 is 9.59 Å². The number of nitrogens with zero attached hydrogens (tertiary/aromatic N) is 1. The van der Waals surface area contributed by atoms with Crippen molar-refractivity contribution in [3.05, 3.63) is 22.4 Å². The zero-order valence-electron chi connectivity index (χ0n) is 9.81. The van der Waals surface area contributed by atoms with Gasteiger partial charge in [0.15, 0.2) is 0 Å². The summed E-state index contributed by atoms with van der Waals surface area (Å²) in [5, 5.41) is 4.76.